The lowest BCUT2D eigenvalue weighted by molar-refractivity contribution is -0.123. The molecule has 0 bridgehead atoms. The van der Waals surface area contributed by atoms with Gasteiger partial charge in [0.2, 0.25) is 5.91 Å². The highest BCUT2D eigenvalue weighted by Crippen LogP contribution is 2.35. The SMILES string of the molecule is COc1ccc([C@@H](C(=O)NC2CCCCC2)N(C(=O)c2snc(C(N)=O)c2N)c2ccc(OC)cc2)cc1. The Morgan fingerprint density at radius 1 is 0.974 bits per heavy atom. The van der Waals surface area contributed by atoms with Crippen molar-refractivity contribution in [3.63, 3.8) is 0 Å². The summed E-state index contributed by atoms with van der Waals surface area (Å²) in [7, 11) is 3.09. The fourth-order valence-electron chi connectivity index (χ4n) is 4.60. The number of nitrogens with one attached hydrogen (secondary N) is 1. The van der Waals surface area contributed by atoms with Crippen LogP contribution in [0.1, 0.15) is 63.9 Å². The Kier molecular flexibility index (Phi) is 8.47. The standard InChI is InChI=1S/C27H31N5O5S/c1-36-19-12-8-16(9-13-19)23(26(34)30-17-6-4-3-5-7-17)32(18-10-14-20(37-2)15-11-18)27(35)24-21(28)22(25(29)33)31-38-24/h8-15,17,23H,3-7,28H2,1-2H3,(H2,29,33)(H,30,34)/t23-/m0/s1. The molecule has 1 aromatic heterocycles. The highest BCUT2D eigenvalue weighted by molar-refractivity contribution is 7.09. The fourth-order valence-corrected chi connectivity index (χ4v) is 5.34. The number of ether oxygens (including phenoxy) is 2. The first-order chi connectivity index (χ1) is 18.3. The number of primary amides is 1. The van der Waals surface area contributed by atoms with E-state index in [0.717, 1.165) is 43.6 Å². The molecule has 4 rings (SSSR count). The summed E-state index contributed by atoms with van der Waals surface area (Å²) in [5, 5.41) is 3.16. The first kappa shape index (κ1) is 26.9. The first-order valence-electron chi connectivity index (χ1n) is 12.3. The Balaban J connectivity index is 1.83. The minimum Gasteiger partial charge on any atom is -0.497 e. The van der Waals surface area contributed by atoms with Crippen LogP contribution in [0.3, 0.4) is 0 Å². The van der Waals surface area contributed by atoms with E-state index in [-0.39, 0.29) is 28.2 Å². The molecule has 0 saturated heterocycles. The number of methoxy groups -OCH3 is 2. The second kappa shape index (κ2) is 12.0. The number of aromatic nitrogens is 1. The van der Waals surface area contributed by atoms with E-state index in [1.807, 2.05) is 0 Å². The minimum absolute atomic E-state index is 0.0126. The predicted octanol–water partition coefficient (Wildman–Crippen LogP) is 3.68. The van der Waals surface area contributed by atoms with Crippen LogP contribution in [-0.2, 0) is 4.79 Å². The van der Waals surface area contributed by atoms with Gasteiger partial charge in [0.05, 0.1) is 19.9 Å². The molecule has 3 amide bonds. The highest BCUT2D eigenvalue weighted by atomic mass is 32.1. The van der Waals surface area contributed by atoms with E-state index in [1.165, 1.54) is 4.90 Å². The van der Waals surface area contributed by atoms with Crippen molar-refractivity contribution in [2.24, 2.45) is 5.73 Å². The maximum Gasteiger partial charge on any atom is 0.273 e. The Bertz CT molecular complexity index is 1290. The lowest BCUT2D eigenvalue weighted by Gasteiger charge is -2.33. The second-order valence-electron chi connectivity index (χ2n) is 9.03. The van der Waals surface area contributed by atoms with Gasteiger partial charge in [-0.2, -0.15) is 4.37 Å². The molecule has 0 unspecified atom stereocenters. The highest BCUT2D eigenvalue weighted by Gasteiger charge is 2.37. The molecule has 0 radical (unpaired) electrons. The van der Waals surface area contributed by atoms with Gasteiger partial charge in [-0.05, 0) is 66.3 Å². The summed E-state index contributed by atoms with van der Waals surface area (Å²) in [5.74, 6) is -0.556. The van der Waals surface area contributed by atoms with Crippen LogP contribution in [0.4, 0.5) is 11.4 Å². The van der Waals surface area contributed by atoms with Gasteiger partial charge in [0.15, 0.2) is 5.69 Å². The third-order valence-corrected chi connectivity index (χ3v) is 7.47. The van der Waals surface area contributed by atoms with Gasteiger partial charge in [-0.1, -0.05) is 31.4 Å². The lowest BCUT2D eigenvalue weighted by atomic mass is 9.94. The van der Waals surface area contributed by atoms with Crippen molar-refractivity contribution < 1.29 is 23.9 Å². The van der Waals surface area contributed by atoms with Gasteiger partial charge < -0.3 is 26.3 Å². The number of nitrogen functional groups attached to an aromatic ring is 1. The van der Waals surface area contributed by atoms with Crippen LogP contribution in [0.5, 0.6) is 11.5 Å². The normalized spacial score (nSPS) is 14.4. The van der Waals surface area contributed by atoms with Gasteiger partial charge in [0.25, 0.3) is 11.8 Å². The number of anilines is 2. The van der Waals surface area contributed by atoms with E-state index in [2.05, 4.69) is 9.69 Å². The molecule has 1 saturated carbocycles. The Morgan fingerprint density at radius 3 is 2.08 bits per heavy atom. The van der Waals surface area contributed by atoms with Crippen LogP contribution >= 0.6 is 11.5 Å². The average molecular weight is 538 g/mol. The Labute approximate surface area is 225 Å². The summed E-state index contributed by atoms with van der Waals surface area (Å²) >= 11 is 0.766. The molecule has 1 atom stereocenters. The van der Waals surface area contributed by atoms with Crippen molar-refractivity contribution in [3.05, 3.63) is 64.7 Å². The van der Waals surface area contributed by atoms with Crippen LogP contribution in [0.2, 0.25) is 0 Å². The topological polar surface area (TPSA) is 150 Å². The molecule has 1 aliphatic rings. The minimum atomic E-state index is -1.05. The molecular weight excluding hydrogens is 506 g/mol. The monoisotopic (exact) mass is 537 g/mol. The fraction of sp³-hybridized carbons (Fsp3) is 0.333. The number of hydrogen-bond acceptors (Lipinski definition) is 8. The van der Waals surface area contributed by atoms with E-state index < -0.39 is 17.9 Å². The van der Waals surface area contributed by atoms with Gasteiger partial charge in [-0.15, -0.1) is 0 Å². The first-order valence-corrected chi connectivity index (χ1v) is 13.1. The summed E-state index contributed by atoms with van der Waals surface area (Å²) in [6, 6.07) is 12.7. The van der Waals surface area contributed by atoms with Crippen LogP contribution in [0, 0.1) is 0 Å². The van der Waals surface area contributed by atoms with Gasteiger partial charge in [-0.25, -0.2) is 0 Å². The van der Waals surface area contributed by atoms with Gasteiger partial charge in [0.1, 0.15) is 22.4 Å². The van der Waals surface area contributed by atoms with Crippen molar-refractivity contribution in [1.29, 1.82) is 0 Å². The van der Waals surface area contributed by atoms with E-state index in [4.69, 9.17) is 20.9 Å². The van der Waals surface area contributed by atoms with E-state index in [9.17, 15) is 14.4 Å². The lowest BCUT2D eigenvalue weighted by Crippen LogP contribution is -2.47. The van der Waals surface area contributed by atoms with Crippen LogP contribution in [0.15, 0.2) is 48.5 Å². The van der Waals surface area contributed by atoms with Crippen molar-refractivity contribution in [2.75, 3.05) is 24.9 Å². The van der Waals surface area contributed by atoms with Crippen molar-refractivity contribution >= 4 is 40.6 Å². The Morgan fingerprint density at radius 2 is 1.55 bits per heavy atom. The molecule has 11 heteroatoms. The number of carbonyl (C=O) groups is 3. The molecule has 5 N–H and O–H groups in total. The number of benzene rings is 2. The molecule has 200 valence electrons. The van der Waals surface area contributed by atoms with Gasteiger partial charge in [0, 0.05) is 11.7 Å². The maximum absolute atomic E-state index is 14.1. The molecule has 1 fully saturated rings. The van der Waals surface area contributed by atoms with Gasteiger partial charge in [-0.3, -0.25) is 19.3 Å². The molecule has 1 aliphatic carbocycles. The summed E-state index contributed by atoms with van der Waals surface area (Å²) in [6.45, 7) is 0. The number of nitrogens with zero attached hydrogens (tertiary/aromatic N) is 2. The molecular formula is C27H31N5O5S. The van der Waals surface area contributed by atoms with Crippen LogP contribution < -0.4 is 31.2 Å². The number of nitrogens with two attached hydrogens (primary N) is 2. The summed E-state index contributed by atoms with van der Waals surface area (Å²) < 4.78 is 14.6. The van der Waals surface area contributed by atoms with Gasteiger partial charge >= 0.3 is 0 Å². The third kappa shape index (κ3) is 5.72. The van der Waals surface area contributed by atoms with Crippen molar-refractivity contribution in [1.82, 2.24) is 9.69 Å². The van der Waals surface area contributed by atoms with E-state index in [1.54, 1.807) is 62.8 Å². The molecule has 38 heavy (non-hydrogen) atoms. The van der Waals surface area contributed by atoms with E-state index in [0.29, 0.717) is 22.7 Å². The zero-order valence-electron chi connectivity index (χ0n) is 21.3. The number of amides is 3. The third-order valence-electron chi connectivity index (χ3n) is 6.61. The molecule has 3 aromatic rings. The molecule has 2 aromatic carbocycles. The summed E-state index contributed by atoms with van der Waals surface area (Å²) in [5.41, 5.74) is 12.2. The Hall–Kier alpha value is -4.12. The van der Waals surface area contributed by atoms with Crippen molar-refractivity contribution in [2.45, 2.75) is 44.2 Å². The smallest absolute Gasteiger partial charge is 0.273 e. The van der Waals surface area contributed by atoms with Crippen LogP contribution in [0.25, 0.3) is 0 Å². The zero-order chi connectivity index (χ0) is 27.2. The number of rotatable bonds is 9. The number of carbonyl (C=O) groups excluding carboxylic acids is 3. The summed E-state index contributed by atoms with van der Waals surface area (Å²) in [4.78, 5) is 41.2. The molecule has 1 heterocycles. The molecule has 0 spiro atoms. The average Bonchev–Trinajstić information content (AvgIpc) is 3.33. The van der Waals surface area contributed by atoms with E-state index >= 15 is 0 Å². The largest absolute Gasteiger partial charge is 0.497 e. The molecule has 0 aliphatic heterocycles. The maximum atomic E-state index is 14.1. The number of hydrogen-bond donors (Lipinski definition) is 3. The summed E-state index contributed by atoms with van der Waals surface area (Å²) in [6.07, 6.45) is 4.96. The molecule has 10 nitrogen and oxygen atoms in total. The zero-order valence-corrected chi connectivity index (χ0v) is 22.1. The van der Waals surface area contributed by atoms with Crippen molar-refractivity contribution in [3.8, 4) is 11.5 Å². The second-order valence-corrected chi connectivity index (χ2v) is 9.80. The predicted molar refractivity (Wildman–Crippen MR) is 146 cm³/mol. The quantitative estimate of drug-likeness (QED) is 0.377. The van der Waals surface area contributed by atoms with Crippen LogP contribution in [-0.4, -0.2) is 42.4 Å².